The lowest BCUT2D eigenvalue weighted by Crippen LogP contribution is -2.53. The van der Waals surface area contributed by atoms with Gasteiger partial charge in [-0.05, 0) is 38.0 Å². The number of rotatable bonds is 4. The molecule has 0 aliphatic carbocycles. The highest BCUT2D eigenvalue weighted by Gasteiger charge is 2.34. The summed E-state index contributed by atoms with van der Waals surface area (Å²) in [5, 5.41) is 12.1. The fourth-order valence-corrected chi connectivity index (χ4v) is 2.93. The Morgan fingerprint density at radius 2 is 2.20 bits per heavy atom. The lowest BCUT2D eigenvalue weighted by atomic mass is 9.93. The molecule has 114 valence electrons. The molecule has 0 aromatic carbocycles. The minimum Gasteiger partial charge on any atom is -0.480 e. The quantitative estimate of drug-likeness (QED) is 0.819. The van der Waals surface area contributed by atoms with Crippen LogP contribution in [0.25, 0.3) is 0 Å². The van der Waals surface area contributed by atoms with Gasteiger partial charge in [-0.2, -0.15) is 0 Å². The Kier molecular flexibility index (Phi) is 5.23. The van der Waals surface area contributed by atoms with Crippen molar-refractivity contribution in [1.29, 1.82) is 0 Å². The predicted molar refractivity (Wildman–Crippen MR) is 73.5 cm³/mol. The fraction of sp³-hybridized carbons (Fsp3) is 0.857. The van der Waals surface area contributed by atoms with Crippen LogP contribution in [-0.2, 0) is 9.53 Å². The average molecular weight is 284 g/mol. The van der Waals surface area contributed by atoms with E-state index in [2.05, 4.69) is 5.32 Å². The molecule has 2 N–H and O–H groups in total. The number of carboxylic acids is 1. The zero-order valence-electron chi connectivity index (χ0n) is 12.0. The van der Waals surface area contributed by atoms with Crippen LogP contribution in [-0.4, -0.2) is 53.8 Å². The Morgan fingerprint density at radius 3 is 2.85 bits per heavy atom. The van der Waals surface area contributed by atoms with Crippen LogP contribution in [0, 0.1) is 5.92 Å². The Bertz CT molecular complexity index is 355. The number of likely N-dealkylation sites (tertiary alicyclic amines) is 1. The van der Waals surface area contributed by atoms with Crippen molar-refractivity contribution in [3.63, 3.8) is 0 Å². The minimum atomic E-state index is -0.911. The molecule has 2 heterocycles. The number of hydrogen-bond donors (Lipinski definition) is 2. The summed E-state index contributed by atoms with van der Waals surface area (Å²) >= 11 is 0. The van der Waals surface area contributed by atoms with Crippen molar-refractivity contribution in [3.8, 4) is 0 Å². The van der Waals surface area contributed by atoms with Gasteiger partial charge in [-0.25, -0.2) is 9.59 Å². The number of nitrogens with zero attached hydrogens (tertiary/aromatic N) is 1. The van der Waals surface area contributed by atoms with E-state index in [-0.39, 0.29) is 12.1 Å². The highest BCUT2D eigenvalue weighted by Crippen LogP contribution is 2.22. The molecular weight excluding hydrogens is 260 g/mol. The van der Waals surface area contributed by atoms with Crippen molar-refractivity contribution < 1.29 is 19.4 Å². The van der Waals surface area contributed by atoms with Crippen LogP contribution in [0.1, 0.15) is 39.0 Å². The van der Waals surface area contributed by atoms with Gasteiger partial charge in [0.05, 0.1) is 6.10 Å². The second-order valence-corrected chi connectivity index (χ2v) is 5.83. The van der Waals surface area contributed by atoms with Gasteiger partial charge >= 0.3 is 12.0 Å². The number of nitrogens with one attached hydrogen (secondary N) is 1. The molecule has 2 fully saturated rings. The molecule has 6 nitrogen and oxygen atoms in total. The van der Waals surface area contributed by atoms with Gasteiger partial charge in [0.2, 0.25) is 0 Å². The standard InChI is InChI=1S/C14H24N2O4/c1-10-5-7-16(12(9-10)13(17)18)14(19)15-6-4-11-3-2-8-20-11/h10-12H,2-9H2,1H3,(H,15,19)(H,17,18). The first-order chi connectivity index (χ1) is 9.58. The van der Waals surface area contributed by atoms with Crippen molar-refractivity contribution >= 4 is 12.0 Å². The fourth-order valence-electron chi connectivity index (χ4n) is 2.93. The predicted octanol–water partition coefficient (Wildman–Crippen LogP) is 1.45. The largest absolute Gasteiger partial charge is 0.480 e. The Morgan fingerprint density at radius 1 is 1.40 bits per heavy atom. The highest BCUT2D eigenvalue weighted by atomic mass is 16.5. The van der Waals surface area contributed by atoms with E-state index < -0.39 is 12.0 Å². The monoisotopic (exact) mass is 284 g/mol. The van der Waals surface area contributed by atoms with E-state index in [1.807, 2.05) is 6.92 Å². The molecule has 0 aromatic heterocycles. The van der Waals surface area contributed by atoms with Crippen LogP contribution in [0.4, 0.5) is 4.79 Å². The maximum absolute atomic E-state index is 12.1. The van der Waals surface area contributed by atoms with Gasteiger partial charge in [-0.15, -0.1) is 0 Å². The van der Waals surface area contributed by atoms with Crippen LogP contribution in [0.3, 0.4) is 0 Å². The zero-order chi connectivity index (χ0) is 14.5. The second-order valence-electron chi connectivity index (χ2n) is 5.83. The number of piperidine rings is 1. The zero-order valence-corrected chi connectivity index (χ0v) is 12.0. The average Bonchev–Trinajstić information content (AvgIpc) is 2.91. The van der Waals surface area contributed by atoms with Crippen molar-refractivity contribution in [2.75, 3.05) is 19.7 Å². The van der Waals surface area contributed by atoms with Gasteiger partial charge in [0.25, 0.3) is 0 Å². The van der Waals surface area contributed by atoms with E-state index in [1.165, 1.54) is 4.90 Å². The molecule has 2 amide bonds. The molecule has 0 saturated carbocycles. The van der Waals surface area contributed by atoms with E-state index in [0.29, 0.717) is 25.4 Å². The van der Waals surface area contributed by atoms with Gasteiger partial charge in [0, 0.05) is 19.7 Å². The summed E-state index contributed by atoms with van der Waals surface area (Å²) in [6, 6.07) is -0.955. The first-order valence-corrected chi connectivity index (χ1v) is 7.47. The normalized spacial score (nSPS) is 30.2. The number of carboxylic acid groups (broad SMARTS) is 1. The Hall–Kier alpha value is -1.30. The Balaban J connectivity index is 1.78. The van der Waals surface area contributed by atoms with Crippen molar-refractivity contribution in [3.05, 3.63) is 0 Å². The van der Waals surface area contributed by atoms with Crippen LogP contribution in [0.2, 0.25) is 0 Å². The molecule has 0 spiro atoms. The minimum absolute atomic E-state index is 0.243. The SMILES string of the molecule is CC1CCN(C(=O)NCCC2CCCO2)C(C(=O)O)C1. The van der Waals surface area contributed by atoms with E-state index >= 15 is 0 Å². The molecule has 0 bridgehead atoms. The van der Waals surface area contributed by atoms with Crippen molar-refractivity contribution in [2.45, 2.75) is 51.2 Å². The van der Waals surface area contributed by atoms with Crippen molar-refractivity contribution in [2.24, 2.45) is 5.92 Å². The summed E-state index contributed by atoms with van der Waals surface area (Å²) in [6.45, 7) is 3.90. The summed E-state index contributed by atoms with van der Waals surface area (Å²) in [7, 11) is 0. The third-order valence-corrected chi connectivity index (χ3v) is 4.18. The third-order valence-electron chi connectivity index (χ3n) is 4.18. The molecule has 0 aromatic rings. The van der Waals surface area contributed by atoms with E-state index in [1.54, 1.807) is 0 Å². The van der Waals surface area contributed by atoms with E-state index in [9.17, 15) is 14.7 Å². The molecular formula is C14H24N2O4. The molecule has 20 heavy (non-hydrogen) atoms. The third kappa shape index (κ3) is 3.85. The van der Waals surface area contributed by atoms with Crippen LogP contribution < -0.4 is 5.32 Å². The maximum Gasteiger partial charge on any atom is 0.326 e. The van der Waals surface area contributed by atoms with Gasteiger partial charge < -0.3 is 20.1 Å². The number of carbonyl (C=O) groups is 2. The van der Waals surface area contributed by atoms with Crippen LogP contribution in [0.15, 0.2) is 0 Å². The number of carbonyl (C=O) groups excluding carboxylic acids is 1. The number of urea groups is 1. The van der Waals surface area contributed by atoms with Crippen LogP contribution in [0.5, 0.6) is 0 Å². The first kappa shape index (κ1) is 15.1. The molecule has 2 saturated heterocycles. The molecule has 3 atom stereocenters. The van der Waals surface area contributed by atoms with Gasteiger partial charge in [-0.3, -0.25) is 0 Å². The van der Waals surface area contributed by atoms with Gasteiger partial charge in [0.1, 0.15) is 6.04 Å². The topological polar surface area (TPSA) is 78.9 Å². The summed E-state index contributed by atoms with van der Waals surface area (Å²) in [5.41, 5.74) is 0. The lowest BCUT2D eigenvalue weighted by molar-refractivity contribution is -0.143. The molecule has 6 heteroatoms. The molecule has 3 unspecified atom stereocenters. The molecule has 2 rings (SSSR count). The molecule has 2 aliphatic heterocycles. The smallest absolute Gasteiger partial charge is 0.326 e. The maximum atomic E-state index is 12.1. The summed E-state index contributed by atoms with van der Waals surface area (Å²) in [4.78, 5) is 24.8. The van der Waals surface area contributed by atoms with Gasteiger partial charge in [-0.1, -0.05) is 6.92 Å². The number of aliphatic carboxylic acids is 1. The van der Waals surface area contributed by atoms with Crippen LogP contribution >= 0.6 is 0 Å². The summed E-state index contributed by atoms with van der Waals surface area (Å²) in [5.74, 6) is -0.558. The molecule has 2 aliphatic rings. The first-order valence-electron chi connectivity index (χ1n) is 7.47. The van der Waals surface area contributed by atoms with Gasteiger partial charge in [0.15, 0.2) is 0 Å². The number of ether oxygens (including phenoxy) is 1. The second kappa shape index (κ2) is 6.92. The van der Waals surface area contributed by atoms with E-state index in [4.69, 9.17) is 4.74 Å². The number of amides is 2. The summed E-state index contributed by atoms with van der Waals surface area (Å²) in [6.07, 6.45) is 4.58. The lowest BCUT2D eigenvalue weighted by Gasteiger charge is -2.35. The van der Waals surface area contributed by atoms with E-state index in [0.717, 1.165) is 32.3 Å². The van der Waals surface area contributed by atoms with Crippen molar-refractivity contribution in [1.82, 2.24) is 10.2 Å². The molecule has 0 radical (unpaired) electrons. The number of hydrogen-bond acceptors (Lipinski definition) is 3. The summed E-state index contributed by atoms with van der Waals surface area (Å²) < 4.78 is 5.49. The Labute approximate surface area is 119 Å². The highest BCUT2D eigenvalue weighted by molar-refractivity contribution is 5.82.